The van der Waals surface area contributed by atoms with Crippen molar-refractivity contribution < 1.29 is 18.4 Å². The Bertz CT molecular complexity index is 1050. The number of carbonyl (C=O) groups is 2. The third-order valence-electron chi connectivity index (χ3n) is 3.72. The molecule has 11 heteroatoms. The third-order valence-corrected chi connectivity index (χ3v) is 6.80. The minimum Gasteiger partial charge on any atom is -0.365 e. The van der Waals surface area contributed by atoms with Gasteiger partial charge in [0.25, 0.3) is 5.91 Å². The molecule has 3 aromatic rings. The molecule has 3 amide bonds. The van der Waals surface area contributed by atoms with E-state index >= 15 is 0 Å². The third kappa shape index (κ3) is 5.52. The van der Waals surface area contributed by atoms with Crippen LogP contribution >= 0.6 is 34.6 Å². The first-order valence-corrected chi connectivity index (χ1v) is 10.9. The predicted molar refractivity (Wildman–Crippen MR) is 111 cm³/mol. The molecule has 0 atom stereocenters. The molecule has 0 aliphatic heterocycles. The zero-order chi connectivity index (χ0) is 21.0. The largest absolute Gasteiger partial charge is 0.365 e. The molecule has 2 heterocycles. The summed E-state index contributed by atoms with van der Waals surface area (Å²) in [6.45, 7) is 1.99. The summed E-state index contributed by atoms with van der Waals surface area (Å²) in [7, 11) is 0. The fourth-order valence-corrected chi connectivity index (χ4v) is 5.26. The van der Waals surface area contributed by atoms with Crippen molar-refractivity contribution in [3.63, 3.8) is 0 Å². The molecule has 4 N–H and O–H groups in total. The molecule has 152 valence electrons. The summed E-state index contributed by atoms with van der Waals surface area (Å²) in [5, 5.41) is 5.73. The fourth-order valence-electron chi connectivity index (χ4n) is 2.36. The quantitative estimate of drug-likeness (QED) is 0.458. The van der Waals surface area contributed by atoms with Crippen LogP contribution in [0.2, 0.25) is 0 Å². The Hall–Kier alpha value is -2.50. The predicted octanol–water partition coefficient (Wildman–Crippen LogP) is 4.50. The molecule has 0 spiro atoms. The van der Waals surface area contributed by atoms with Crippen LogP contribution in [-0.4, -0.2) is 16.3 Å². The summed E-state index contributed by atoms with van der Waals surface area (Å²) in [4.78, 5) is 26.3. The van der Waals surface area contributed by atoms with Crippen LogP contribution in [0, 0.1) is 18.6 Å². The Morgan fingerprint density at radius 3 is 2.66 bits per heavy atom. The molecule has 6 nitrogen and oxygen atoms in total. The number of hydrogen-bond acceptors (Lipinski definition) is 6. The van der Waals surface area contributed by atoms with E-state index in [9.17, 15) is 18.4 Å². The summed E-state index contributed by atoms with van der Waals surface area (Å²) in [5.74, 6) is -2.02. The number of benzene rings is 1. The first kappa shape index (κ1) is 21.2. The number of aromatic nitrogens is 1. The summed E-state index contributed by atoms with van der Waals surface area (Å²) in [6.07, 6.45) is 0. The highest BCUT2D eigenvalue weighted by atomic mass is 32.2. The van der Waals surface area contributed by atoms with E-state index in [1.54, 1.807) is 11.3 Å². The van der Waals surface area contributed by atoms with Crippen LogP contribution in [0.5, 0.6) is 0 Å². The van der Waals surface area contributed by atoms with Crippen molar-refractivity contribution in [2.24, 2.45) is 5.73 Å². The molecule has 0 fully saturated rings. The molecule has 0 aliphatic carbocycles. The van der Waals surface area contributed by atoms with Gasteiger partial charge in [-0.25, -0.2) is 13.6 Å². The molecule has 29 heavy (non-hydrogen) atoms. The topological polar surface area (TPSA) is 97.1 Å². The van der Waals surface area contributed by atoms with Crippen LogP contribution in [0.1, 0.15) is 25.7 Å². The number of nitrogens with one attached hydrogen (secondary N) is 2. The summed E-state index contributed by atoms with van der Waals surface area (Å²) in [5.41, 5.74) is 6.01. The van der Waals surface area contributed by atoms with E-state index in [1.807, 2.05) is 19.1 Å². The zero-order valence-corrected chi connectivity index (χ0v) is 17.6. The van der Waals surface area contributed by atoms with Gasteiger partial charge in [-0.3, -0.25) is 10.1 Å². The maximum absolute atomic E-state index is 13.2. The van der Waals surface area contributed by atoms with E-state index in [0.29, 0.717) is 16.3 Å². The lowest BCUT2D eigenvalue weighted by atomic mass is 10.2. The van der Waals surface area contributed by atoms with Gasteiger partial charge in [-0.1, -0.05) is 17.8 Å². The van der Waals surface area contributed by atoms with Crippen LogP contribution in [0.4, 0.5) is 18.6 Å². The van der Waals surface area contributed by atoms with E-state index in [2.05, 4.69) is 15.0 Å². The maximum atomic E-state index is 13.2. The Morgan fingerprint density at radius 2 is 2.00 bits per heavy atom. The first-order valence-electron chi connectivity index (χ1n) is 8.30. The number of thiophene rings is 1. The van der Waals surface area contributed by atoms with E-state index in [4.69, 9.17) is 5.73 Å². The molecular weight excluding hydrogens is 438 g/mol. The SMILES string of the molecule is Cc1ccc(CSc2nsc(NC(=O)NCc3ccc(F)c(F)c3)c2C(N)=O)s1. The molecule has 0 bridgehead atoms. The van der Waals surface area contributed by atoms with Gasteiger partial charge < -0.3 is 11.1 Å². The van der Waals surface area contributed by atoms with Gasteiger partial charge >= 0.3 is 6.03 Å². The highest BCUT2D eigenvalue weighted by molar-refractivity contribution is 7.98. The monoisotopic (exact) mass is 454 g/mol. The van der Waals surface area contributed by atoms with Gasteiger partial charge in [-0.05, 0) is 48.3 Å². The van der Waals surface area contributed by atoms with Crippen molar-refractivity contribution in [2.75, 3.05) is 5.32 Å². The number of aryl methyl sites for hydroxylation is 1. The van der Waals surface area contributed by atoms with E-state index in [0.717, 1.165) is 28.5 Å². The van der Waals surface area contributed by atoms with Gasteiger partial charge in [0.2, 0.25) is 0 Å². The van der Waals surface area contributed by atoms with Crippen molar-refractivity contribution in [3.8, 4) is 0 Å². The second-order valence-corrected chi connectivity index (χ2v) is 9.02. The number of amides is 3. The first-order chi connectivity index (χ1) is 13.8. The average molecular weight is 455 g/mol. The second-order valence-electron chi connectivity index (χ2n) is 5.91. The molecule has 3 rings (SSSR count). The highest BCUT2D eigenvalue weighted by Gasteiger charge is 2.21. The van der Waals surface area contributed by atoms with Crippen LogP contribution in [0.25, 0.3) is 0 Å². The van der Waals surface area contributed by atoms with Crippen molar-refractivity contribution in [1.29, 1.82) is 0 Å². The number of halogens is 2. The molecule has 2 aromatic heterocycles. The number of primary amides is 1. The van der Waals surface area contributed by atoms with Gasteiger partial charge in [0.1, 0.15) is 15.6 Å². The van der Waals surface area contributed by atoms with Crippen LogP contribution in [0.3, 0.4) is 0 Å². The van der Waals surface area contributed by atoms with Gasteiger partial charge in [0.15, 0.2) is 11.6 Å². The number of nitrogens with zero attached hydrogens (tertiary/aromatic N) is 1. The van der Waals surface area contributed by atoms with Crippen molar-refractivity contribution in [3.05, 3.63) is 62.8 Å². The second kappa shape index (κ2) is 9.33. The standard InChI is InChI=1S/C18H16F2N4O2S3/c1-9-2-4-11(28-9)8-27-17-14(15(21)25)16(29-24-17)23-18(26)22-7-10-3-5-12(19)13(20)6-10/h2-6H,7-8H2,1H3,(H2,21,25)(H2,22,23,26). The minimum atomic E-state index is -0.995. The number of carbonyl (C=O) groups excluding carboxylic acids is 2. The molecule has 0 saturated carbocycles. The summed E-state index contributed by atoms with van der Waals surface area (Å²) in [6, 6.07) is 6.75. The maximum Gasteiger partial charge on any atom is 0.320 e. The van der Waals surface area contributed by atoms with Gasteiger partial charge in [-0.15, -0.1) is 11.3 Å². The fraction of sp³-hybridized carbons (Fsp3) is 0.167. The molecular formula is C18H16F2N4O2S3. The van der Waals surface area contributed by atoms with Crippen molar-refractivity contribution in [1.82, 2.24) is 9.69 Å². The molecule has 1 aromatic carbocycles. The zero-order valence-electron chi connectivity index (χ0n) is 15.1. The van der Waals surface area contributed by atoms with Crippen molar-refractivity contribution >= 4 is 51.6 Å². The lowest BCUT2D eigenvalue weighted by Crippen LogP contribution is -2.29. The molecule has 0 unspecified atom stereocenters. The average Bonchev–Trinajstić information content (AvgIpc) is 3.26. The molecule has 0 radical (unpaired) electrons. The van der Waals surface area contributed by atoms with E-state index in [-0.39, 0.29) is 17.1 Å². The van der Waals surface area contributed by atoms with Crippen LogP contribution in [-0.2, 0) is 12.3 Å². The Morgan fingerprint density at radius 1 is 1.21 bits per heavy atom. The van der Waals surface area contributed by atoms with Gasteiger partial charge in [0.05, 0.1) is 0 Å². The van der Waals surface area contributed by atoms with Crippen LogP contribution < -0.4 is 16.4 Å². The number of thioether (sulfide) groups is 1. The number of anilines is 1. The Labute approximate surface area is 177 Å². The normalized spacial score (nSPS) is 10.7. The lowest BCUT2D eigenvalue weighted by molar-refractivity contribution is 0.0998. The molecule has 0 aliphatic rings. The highest BCUT2D eigenvalue weighted by Crippen LogP contribution is 2.34. The number of nitrogens with two attached hydrogens (primary N) is 1. The van der Waals surface area contributed by atoms with Crippen molar-refractivity contribution in [2.45, 2.75) is 24.2 Å². The Balaban J connectivity index is 1.63. The molecule has 0 saturated heterocycles. The Kier molecular flexibility index (Phi) is 6.83. The smallest absolute Gasteiger partial charge is 0.320 e. The summed E-state index contributed by atoms with van der Waals surface area (Å²) >= 11 is 3.97. The van der Waals surface area contributed by atoms with Gasteiger partial charge in [-0.2, -0.15) is 4.37 Å². The van der Waals surface area contributed by atoms with E-state index in [1.165, 1.54) is 22.7 Å². The number of hydrogen-bond donors (Lipinski definition) is 3. The summed E-state index contributed by atoms with van der Waals surface area (Å²) < 4.78 is 30.4. The lowest BCUT2D eigenvalue weighted by Gasteiger charge is -2.07. The number of urea groups is 1. The van der Waals surface area contributed by atoms with Gasteiger partial charge in [0, 0.05) is 22.1 Å². The van der Waals surface area contributed by atoms with Crippen LogP contribution in [0.15, 0.2) is 35.4 Å². The number of rotatable bonds is 7. The minimum absolute atomic E-state index is 0.0208. The van der Waals surface area contributed by atoms with E-state index < -0.39 is 23.6 Å².